The molecule has 0 saturated carbocycles. The topological polar surface area (TPSA) is 74.3 Å². The normalized spacial score (nSPS) is 13.7. The summed E-state index contributed by atoms with van der Waals surface area (Å²) in [5, 5.41) is 10.6. The molecule has 0 N–H and O–H groups in total. The van der Waals surface area contributed by atoms with Gasteiger partial charge in [-0.2, -0.15) is 9.59 Å². The van der Waals surface area contributed by atoms with Crippen LogP contribution in [0.5, 0.6) is 0 Å². The van der Waals surface area contributed by atoms with Crippen LogP contribution in [0.25, 0.3) is 0 Å². The van der Waals surface area contributed by atoms with Gasteiger partial charge in [0.05, 0.1) is 5.97 Å². The van der Waals surface area contributed by atoms with Crippen molar-refractivity contribution in [2.24, 2.45) is 0 Å². The first-order valence-corrected chi connectivity index (χ1v) is 14.0. The van der Waals surface area contributed by atoms with Crippen LogP contribution in [0.3, 0.4) is 0 Å². The van der Waals surface area contributed by atoms with Crippen molar-refractivity contribution in [3.8, 4) is 0 Å². The van der Waals surface area contributed by atoms with Crippen LogP contribution in [0.2, 0.25) is 0 Å². The van der Waals surface area contributed by atoms with Gasteiger partial charge in [0.25, 0.3) is 0 Å². The van der Waals surface area contributed by atoms with Crippen LogP contribution >= 0.6 is 0 Å². The van der Waals surface area contributed by atoms with Gasteiger partial charge in [-0.15, -0.1) is 13.0 Å². The van der Waals surface area contributed by atoms with E-state index in [2.05, 4.69) is 56.9 Å². The second-order valence-electron chi connectivity index (χ2n) is 9.17. The second kappa shape index (κ2) is 40.0. The van der Waals surface area contributed by atoms with Crippen LogP contribution in [0.1, 0.15) is 55.4 Å². The molecule has 0 bridgehead atoms. The number of rotatable bonds is 14. The van der Waals surface area contributed by atoms with E-state index >= 15 is 0 Å². The van der Waals surface area contributed by atoms with Crippen molar-refractivity contribution in [3.63, 3.8) is 0 Å². The molecule has 0 aliphatic rings. The Balaban J connectivity index is -0.000000314. The van der Waals surface area contributed by atoms with Crippen LogP contribution in [0, 0.1) is 6.08 Å². The minimum atomic E-state index is -1.15. The Kier molecular flexibility index (Phi) is 45.6. The van der Waals surface area contributed by atoms with Gasteiger partial charge >= 0.3 is 65.3 Å². The number of hydrogen-bond acceptors (Lipinski definition) is 4. The number of carboxylic acid groups (broad SMARTS) is 1. The molecule has 0 spiro atoms. The predicted octanol–water partition coefficient (Wildman–Crippen LogP) is 3.30. The average molecular weight is 639 g/mol. The number of hydrogen-bond donors (Lipinski definition) is 0. The molecule has 234 valence electrons. The molecule has 46 heavy (non-hydrogen) atoms. The molecule has 0 unspecified atom stereocenters. The molecule has 0 heterocycles. The quantitative estimate of drug-likeness (QED) is 0.127. The maximum Gasteiger partial charge on any atom is 1.00 e. The molecule has 0 aromatic heterocycles. The summed E-state index contributed by atoms with van der Waals surface area (Å²) in [5.41, 5.74) is 5.92. The van der Waals surface area contributed by atoms with E-state index in [0.29, 0.717) is 0 Å². The second-order valence-corrected chi connectivity index (χ2v) is 9.17. The van der Waals surface area contributed by atoms with E-state index < -0.39 is 5.97 Å². The molecule has 0 atom stereocenters. The smallest absolute Gasteiger partial charge is 0.545 e. The number of aliphatic carboxylic acids is 1. The van der Waals surface area contributed by atoms with Crippen molar-refractivity contribution in [2.45, 2.75) is 55.4 Å². The van der Waals surface area contributed by atoms with E-state index in [0.717, 1.165) is 11.1 Å². The minimum Gasteiger partial charge on any atom is -0.545 e. The summed E-state index contributed by atoms with van der Waals surface area (Å²) in [6.07, 6.45) is 46.3. The molecule has 0 saturated heterocycles. The Morgan fingerprint density at radius 1 is 0.587 bits per heavy atom. The maximum absolute atomic E-state index is 10.6. The van der Waals surface area contributed by atoms with E-state index in [4.69, 9.17) is 9.59 Å². The molecule has 0 aliphatic carbocycles. The monoisotopic (exact) mass is 638 g/mol. The first-order chi connectivity index (χ1) is 21.0. The SMILES string of the molecule is C=C/C=C(C)/C=C/C=[C-]C.C\C=C/C=C/C(C)=C/C=C/C=C(C)/C=C/C=C(C)/C=C/C=C(C)/C=C/C=C(\C)C(=O)[O-].O=C=O.[Na+].[Na+]. The largest absolute Gasteiger partial charge is 1.00 e. The Morgan fingerprint density at radius 2 is 0.935 bits per heavy atom. The zero-order valence-corrected chi connectivity index (χ0v) is 33.5. The van der Waals surface area contributed by atoms with E-state index in [1.165, 1.54) is 29.7 Å². The average Bonchev–Trinajstić information content (AvgIpc) is 2.96. The van der Waals surface area contributed by atoms with Crippen molar-refractivity contribution in [3.05, 3.63) is 180 Å². The minimum absolute atomic E-state index is 0. The zero-order chi connectivity index (χ0) is 34.0. The van der Waals surface area contributed by atoms with Crippen molar-refractivity contribution in [1.29, 1.82) is 0 Å². The van der Waals surface area contributed by atoms with Gasteiger partial charge in [0.15, 0.2) is 0 Å². The molecular weight excluding hydrogens is 590 g/mol. The molecule has 0 rings (SSSR count). The number of allylic oxidation sites excluding steroid dienone is 28. The summed E-state index contributed by atoms with van der Waals surface area (Å²) in [6.45, 7) is 19.1. The van der Waals surface area contributed by atoms with Crippen LogP contribution in [0.15, 0.2) is 174 Å². The molecule has 0 aromatic carbocycles. The molecule has 4 nitrogen and oxygen atoms in total. The first kappa shape index (κ1) is 52.5. The van der Waals surface area contributed by atoms with Gasteiger partial charge in [-0.1, -0.05) is 150 Å². The van der Waals surface area contributed by atoms with Gasteiger partial charge in [-0.05, 0) is 54.0 Å². The fraction of sp³-hybridized carbons (Fsp3) is 0.200. The molecule has 6 heteroatoms. The van der Waals surface area contributed by atoms with Crippen molar-refractivity contribution in [1.82, 2.24) is 0 Å². The van der Waals surface area contributed by atoms with Crippen molar-refractivity contribution in [2.75, 3.05) is 0 Å². The summed E-state index contributed by atoms with van der Waals surface area (Å²) < 4.78 is 0. The summed E-state index contributed by atoms with van der Waals surface area (Å²) in [4.78, 5) is 26.9. The number of carboxylic acids is 1. The van der Waals surface area contributed by atoms with Gasteiger partial charge < -0.3 is 9.90 Å². The van der Waals surface area contributed by atoms with Crippen LogP contribution < -0.4 is 64.2 Å². The van der Waals surface area contributed by atoms with E-state index in [-0.39, 0.29) is 70.8 Å². The molecule has 0 aliphatic heterocycles. The third-order valence-corrected chi connectivity index (χ3v) is 4.96. The number of carbonyl (C=O) groups excluding carboxylic acids is 3. The zero-order valence-electron chi connectivity index (χ0n) is 29.5. The fourth-order valence-electron chi connectivity index (χ4n) is 2.61. The molecular formula is C40H48Na2O4. The predicted molar refractivity (Wildman–Crippen MR) is 186 cm³/mol. The molecule has 0 amide bonds. The van der Waals surface area contributed by atoms with E-state index in [1.54, 1.807) is 12.2 Å². The number of carbonyl (C=O) groups is 1. The van der Waals surface area contributed by atoms with Crippen LogP contribution in [-0.4, -0.2) is 12.1 Å². The van der Waals surface area contributed by atoms with Crippen molar-refractivity contribution < 1.29 is 78.6 Å². The Hall–Kier alpha value is -3.05. The van der Waals surface area contributed by atoms with Gasteiger partial charge in [-0.25, -0.2) is 12.2 Å². The summed E-state index contributed by atoms with van der Waals surface area (Å²) in [5.74, 6) is -1.15. The summed E-state index contributed by atoms with van der Waals surface area (Å²) in [7, 11) is 0. The molecule has 0 aromatic rings. The Bertz CT molecular complexity index is 1320. The van der Waals surface area contributed by atoms with Gasteiger partial charge in [0.2, 0.25) is 0 Å². The van der Waals surface area contributed by atoms with Gasteiger partial charge in [0, 0.05) is 0 Å². The summed E-state index contributed by atoms with van der Waals surface area (Å²) >= 11 is 0. The van der Waals surface area contributed by atoms with Crippen molar-refractivity contribution >= 4 is 12.1 Å². The standard InChI is InChI=1S/C29H36O2.C10H13.CO2.2Na/c1-7-8-9-15-24(2)16-10-11-17-25(3)18-12-19-26(4)20-13-21-27(5)22-14-23-28(6)29(30)31;1-4-6-7-9-10(3)8-5-2;2-1-3;;/h7-23H,1-6H3,(H,30,31);5-9H,2H2,1,3H3;;;/q;-1;;2*+1/p-1/b8-7-,11-10+,15-9+,18-12+,20-13+,22-14+,24-16+,25-17+,26-19+,27-21+,28-23+;9-7+,10-8+;;;. The summed E-state index contributed by atoms with van der Waals surface area (Å²) in [6, 6.07) is 0. The third-order valence-electron chi connectivity index (χ3n) is 4.96. The first-order valence-electron chi connectivity index (χ1n) is 14.0. The van der Waals surface area contributed by atoms with Crippen LogP contribution in [-0.2, 0) is 14.4 Å². The Labute approximate surface area is 323 Å². The third kappa shape index (κ3) is 43.1. The fourth-order valence-corrected chi connectivity index (χ4v) is 2.61. The maximum atomic E-state index is 10.6. The Morgan fingerprint density at radius 3 is 1.30 bits per heavy atom. The van der Waals surface area contributed by atoms with Gasteiger partial charge in [0.1, 0.15) is 0 Å². The van der Waals surface area contributed by atoms with Crippen LogP contribution in [0.4, 0.5) is 0 Å². The van der Waals surface area contributed by atoms with E-state index in [1.807, 2.05) is 120 Å². The molecule has 0 fully saturated rings. The van der Waals surface area contributed by atoms with Gasteiger partial charge in [-0.3, -0.25) is 6.08 Å². The van der Waals surface area contributed by atoms with E-state index in [9.17, 15) is 9.90 Å². The molecule has 0 radical (unpaired) electrons.